The molecule has 5 heterocycles. The highest BCUT2D eigenvalue weighted by Crippen LogP contribution is 2.49. The van der Waals surface area contributed by atoms with E-state index in [1.807, 2.05) is 0 Å². The van der Waals surface area contributed by atoms with Gasteiger partial charge in [-0.05, 0) is 60.2 Å². The fraction of sp³-hybridized carbons (Fsp3) is 0.323. The van der Waals surface area contributed by atoms with Gasteiger partial charge in [-0.3, -0.25) is 9.59 Å². The Morgan fingerprint density at radius 1 is 1.02 bits per heavy atom. The number of aliphatic hydroxyl groups excluding tert-OH is 5. The van der Waals surface area contributed by atoms with Gasteiger partial charge < -0.3 is 45.4 Å². The van der Waals surface area contributed by atoms with Crippen LogP contribution in [0.1, 0.15) is 43.8 Å². The number of hydrogen-bond acceptors (Lipinski definition) is 12. The number of rotatable bonds is 1. The Morgan fingerprint density at radius 2 is 1.81 bits per heavy atom. The first-order valence-corrected chi connectivity index (χ1v) is 13.8. The molecule has 43 heavy (non-hydrogen) atoms. The number of phenolic OH excluding ortho intramolecular Hbond substituents is 1. The van der Waals surface area contributed by atoms with Gasteiger partial charge in [-0.15, -0.1) is 0 Å². The van der Waals surface area contributed by atoms with Crippen molar-refractivity contribution in [3.8, 4) is 11.5 Å². The lowest BCUT2D eigenvalue weighted by molar-refractivity contribution is -0.346. The summed E-state index contributed by atoms with van der Waals surface area (Å²) in [6.07, 6.45) is -0.810. The molecule has 6 unspecified atom stereocenters. The third-order valence-electron chi connectivity index (χ3n) is 8.70. The molecule has 7 N–H and O–H groups in total. The van der Waals surface area contributed by atoms with Crippen LogP contribution in [0.3, 0.4) is 0 Å². The van der Waals surface area contributed by atoms with Crippen molar-refractivity contribution in [1.82, 2.24) is 4.98 Å². The van der Waals surface area contributed by atoms with E-state index in [0.717, 1.165) is 0 Å². The molecule has 1 spiro atoms. The summed E-state index contributed by atoms with van der Waals surface area (Å²) in [6, 6.07) is 5.86. The zero-order chi connectivity index (χ0) is 30.4. The lowest BCUT2D eigenvalue weighted by Gasteiger charge is -2.55. The monoisotopic (exact) mass is 588 g/mol. The standard InChI is InChI=1S/C31H28N2O10/c1-13-8-18-21(19(36)9-13)25(38)23-20-10-17-16(22(23)24(18)37)5-7-32-29(17)33-11-15(35)3-2-14-4-6-31(42-20)28(41)26(39)27(40)30(14,12-34)43-31/h2,4-10,15,26-28,34-36,39-41H,3,11-12H2,1H3,(H,32,33). The number of nitrogens with zero attached hydrogens (tertiary/aromatic N) is 1. The summed E-state index contributed by atoms with van der Waals surface area (Å²) in [5.41, 5.74) is -1.66. The second-order valence-electron chi connectivity index (χ2n) is 11.4. The van der Waals surface area contributed by atoms with Gasteiger partial charge >= 0.3 is 0 Å². The quantitative estimate of drug-likeness (QED) is 0.164. The first kappa shape index (κ1) is 27.7. The molecule has 6 atom stereocenters. The minimum atomic E-state index is -2.25. The van der Waals surface area contributed by atoms with Crippen LogP contribution < -0.4 is 10.1 Å². The Bertz CT molecular complexity index is 1800. The molecule has 8 rings (SSSR count). The number of aryl methyl sites for hydroxylation is 1. The van der Waals surface area contributed by atoms with Crippen LogP contribution in [-0.4, -0.2) is 96.1 Å². The maximum absolute atomic E-state index is 14.1. The van der Waals surface area contributed by atoms with Crippen molar-refractivity contribution in [1.29, 1.82) is 0 Å². The van der Waals surface area contributed by atoms with E-state index in [4.69, 9.17) is 9.47 Å². The van der Waals surface area contributed by atoms with Gasteiger partial charge in [0, 0.05) is 29.3 Å². The molecule has 12 nitrogen and oxygen atoms in total. The van der Waals surface area contributed by atoms with Crippen molar-refractivity contribution < 1.29 is 49.7 Å². The number of ether oxygens (including phenoxy) is 2. The van der Waals surface area contributed by atoms with Crippen molar-refractivity contribution >= 4 is 28.2 Å². The zero-order valence-corrected chi connectivity index (χ0v) is 22.8. The molecular formula is C31H28N2O10. The van der Waals surface area contributed by atoms with E-state index in [2.05, 4.69) is 10.3 Å². The van der Waals surface area contributed by atoms with Gasteiger partial charge in [0.15, 0.2) is 11.9 Å². The fourth-order valence-electron chi connectivity index (χ4n) is 6.53. The molecule has 0 amide bonds. The molecule has 5 aliphatic rings. The first-order valence-electron chi connectivity index (χ1n) is 13.8. The lowest BCUT2D eigenvalue weighted by atomic mass is 9.75. The number of aromatic nitrogens is 1. The van der Waals surface area contributed by atoms with Gasteiger partial charge in [-0.25, -0.2) is 4.98 Å². The highest BCUT2D eigenvalue weighted by Gasteiger charge is 2.64. The van der Waals surface area contributed by atoms with E-state index < -0.39 is 59.7 Å². The summed E-state index contributed by atoms with van der Waals surface area (Å²) >= 11 is 0. The first-order chi connectivity index (χ1) is 20.5. The molecule has 1 saturated heterocycles. The molecule has 0 saturated carbocycles. The highest BCUT2D eigenvalue weighted by atomic mass is 16.7. The normalized spacial score (nSPS) is 31.2. The Balaban J connectivity index is 1.55. The number of nitrogens with one attached hydrogen (secondary N) is 1. The van der Waals surface area contributed by atoms with Crippen LogP contribution in [0.25, 0.3) is 10.8 Å². The van der Waals surface area contributed by atoms with Gasteiger partial charge in [-0.1, -0.05) is 12.2 Å². The number of hydrogen-bond donors (Lipinski definition) is 7. The van der Waals surface area contributed by atoms with Crippen molar-refractivity contribution in [2.24, 2.45) is 0 Å². The summed E-state index contributed by atoms with van der Waals surface area (Å²) in [5.74, 6) is -3.90. The number of aromatic hydroxyl groups is 1. The maximum atomic E-state index is 14.1. The molecule has 1 fully saturated rings. The number of ketones is 2. The number of pyridine rings is 1. The van der Waals surface area contributed by atoms with Gasteiger partial charge in [0.1, 0.15) is 35.1 Å². The van der Waals surface area contributed by atoms with Crippen LogP contribution in [0.15, 0.2) is 54.3 Å². The Labute approximate surface area is 244 Å². The van der Waals surface area contributed by atoms with E-state index in [1.165, 1.54) is 36.5 Å². The molecule has 12 heteroatoms. The average Bonchev–Trinajstić information content (AvgIpc) is 2.99. The van der Waals surface area contributed by atoms with Crippen LogP contribution in [0.2, 0.25) is 0 Å². The third kappa shape index (κ3) is 3.75. The Hall–Kier alpha value is -4.17. The Kier molecular flexibility index (Phi) is 6.05. The van der Waals surface area contributed by atoms with Crippen LogP contribution in [0.4, 0.5) is 5.82 Å². The van der Waals surface area contributed by atoms with Crippen molar-refractivity contribution in [2.45, 2.75) is 49.1 Å². The van der Waals surface area contributed by atoms with Crippen LogP contribution in [0, 0.1) is 6.92 Å². The number of carbonyl (C=O) groups is 2. The maximum Gasteiger partial charge on any atom is 0.260 e. The van der Waals surface area contributed by atoms with E-state index in [9.17, 15) is 40.2 Å². The van der Waals surface area contributed by atoms with E-state index in [0.29, 0.717) is 16.3 Å². The molecule has 1 aliphatic carbocycles. The van der Waals surface area contributed by atoms with Gasteiger partial charge in [0.2, 0.25) is 5.78 Å². The van der Waals surface area contributed by atoms with Crippen molar-refractivity contribution in [3.63, 3.8) is 0 Å². The summed E-state index contributed by atoms with van der Waals surface area (Å²) in [7, 11) is 0. The third-order valence-corrected chi connectivity index (χ3v) is 8.70. The summed E-state index contributed by atoms with van der Waals surface area (Å²) in [6.45, 7) is 0.852. The molecular weight excluding hydrogens is 560 g/mol. The second kappa shape index (κ2) is 9.41. The summed E-state index contributed by atoms with van der Waals surface area (Å²) < 4.78 is 12.5. The molecule has 3 aromatic rings. The number of anilines is 1. The SMILES string of the molecule is Cc1cc(O)c2c(c1)C(=O)c1c(c3cc4c(nccc14)NCC(O)CC=C1C=CC4(O3)OC1(CO)C(O)C(O)C4O)C2=O. The highest BCUT2D eigenvalue weighted by molar-refractivity contribution is 6.34. The lowest BCUT2D eigenvalue weighted by Crippen LogP contribution is -2.73. The average molecular weight is 589 g/mol. The predicted octanol–water partition coefficient (Wildman–Crippen LogP) is 0.616. The number of carbonyl (C=O) groups excluding carboxylic acids is 2. The second-order valence-corrected chi connectivity index (χ2v) is 11.4. The molecule has 5 bridgehead atoms. The van der Waals surface area contributed by atoms with E-state index in [1.54, 1.807) is 19.1 Å². The van der Waals surface area contributed by atoms with Crippen LogP contribution in [0.5, 0.6) is 11.5 Å². The molecule has 0 radical (unpaired) electrons. The molecule has 222 valence electrons. The molecule has 4 aliphatic heterocycles. The fourth-order valence-corrected chi connectivity index (χ4v) is 6.53. The zero-order valence-electron chi connectivity index (χ0n) is 22.8. The topological polar surface area (TPSA) is 199 Å². The number of fused-ring (bicyclic) bond motifs is 7. The number of phenols is 1. The van der Waals surface area contributed by atoms with Gasteiger partial charge in [-0.2, -0.15) is 0 Å². The van der Waals surface area contributed by atoms with E-state index >= 15 is 0 Å². The van der Waals surface area contributed by atoms with Crippen molar-refractivity contribution in [2.75, 3.05) is 18.5 Å². The van der Waals surface area contributed by atoms with Crippen molar-refractivity contribution in [3.05, 3.63) is 82.1 Å². The summed E-state index contributed by atoms with van der Waals surface area (Å²) in [5, 5.41) is 69.1. The Morgan fingerprint density at radius 3 is 2.58 bits per heavy atom. The largest absolute Gasteiger partial charge is 0.507 e. The molecule has 1 aromatic heterocycles. The molecule has 2 aromatic carbocycles. The van der Waals surface area contributed by atoms with Crippen LogP contribution in [-0.2, 0) is 4.74 Å². The smallest absolute Gasteiger partial charge is 0.260 e. The summed E-state index contributed by atoms with van der Waals surface area (Å²) in [4.78, 5) is 32.6. The number of benzene rings is 2. The minimum Gasteiger partial charge on any atom is -0.507 e. The number of aliphatic hydroxyl groups is 5. The van der Waals surface area contributed by atoms with E-state index in [-0.39, 0.29) is 52.4 Å². The van der Waals surface area contributed by atoms with Crippen LogP contribution >= 0.6 is 0 Å². The van der Waals surface area contributed by atoms with Gasteiger partial charge in [0.25, 0.3) is 5.79 Å². The minimum absolute atomic E-state index is 0.00175. The van der Waals surface area contributed by atoms with Gasteiger partial charge in [0.05, 0.1) is 23.8 Å². The predicted molar refractivity (Wildman–Crippen MR) is 150 cm³/mol.